The Morgan fingerprint density at radius 1 is 1.43 bits per heavy atom. The van der Waals surface area contributed by atoms with Crippen molar-refractivity contribution in [2.75, 3.05) is 12.4 Å². The van der Waals surface area contributed by atoms with Crippen molar-refractivity contribution in [3.8, 4) is 5.88 Å². The maximum absolute atomic E-state index is 11.1. The Kier molecular flexibility index (Phi) is 4.11. The number of hydrogen-bond acceptors (Lipinski definition) is 6. The summed E-state index contributed by atoms with van der Waals surface area (Å²) in [5.74, 6) is 2.06. The first kappa shape index (κ1) is 14.8. The van der Waals surface area contributed by atoms with E-state index in [2.05, 4.69) is 10.3 Å². The smallest absolute Gasteiger partial charge is 0.311 e. The first-order valence-corrected chi connectivity index (χ1v) is 6.45. The number of anilines is 1. The highest BCUT2D eigenvalue weighted by Crippen LogP contribution is 2.30. The summed E-state index contributed by atoms with van der Waals surface area (Å²) >= 11 is 0. The van der Waals surface area contributed by atoms with Crippen molar-refractivity contribution in [2.45, 2.75) is 26.8 Å². The normalized spacial score (nSPS) is 12.0. The number of ether oxygens (including phenoxy) is 1. The summed E-state index contributed by atoms with van der Waals surface area (Å²) in [6.45, 7) is 5.60. The fourth-order valence-electron chi connectivity index (χ4n) is 2.16. The zero-order valence-electron chi connectivity index (χ0n) is 12.3. The molecule has 0 aliphatic rings. The summed E-state index contributed by atoms with van der Waals surface area (Å²) in [5, 5.41) is 14.1. The van der Waals surface area contributed by atoms with Crippen LogP contribution in [0.1, 0.15) is 30.0 Å². The van der Waals surface area contributed by atoms with Crippen LogP contribution in [0.4, 0.5) is 11.5 Å². The number of methoxy groups -OCH3 is 1. The van der Waals surface area contributed by atoms with E-state index < -0.39 is 4.92 Å². The predicted molar refractivity (Wildman–Crippen MR) is 77.7 cm³/mol. The van der Waals surface area contributed by atoms with Crippen molar-refractivity contribution >= 4 is 11.5 Å². The molecule has 0 aliphatic heterocycles. The van der Waals surface area contributed by atoms with Crippen LogP contribution in [0.2, 0.25) is 0 Å². The SMILES string of the molecule is COc1ccc([N+](=O)[O-])c(NC(C)c2cc(C)oc2C)n1. The summed E-state index contributed by atoms with van der Waals surface area (Å²) < 4.78 is 10.5. The Morgan fingerprint density at radius 2 is 2.14 bits per heavy atom. The number of nitrogens with zero attached hydrogens (tertiary/aromatic N) is 2. The number of furan rings is 1. The van der Waals surface area contributed by atoms with Crippen LogP contribution < -0.4 is 10.1 Å². The van der Waals surface area contributed by atoms with E-state index in [1.165, 1.54) is 19.2 Å². The minimum absolute atomic E-state index is 0.0967. The lowest BCUT2D eigenvalue weighted by Crippen LogP contribution is -2.10. The molecule has 2 aromatic heterocycles. The molecule has 0 spiro atoms. The number of rotatable bonds is 5. The molecule has 0 amide bonds. The number of hydrogen-bond donors (Lipinski definition) is 1. The standard InChI is InChI=1S/C14H17N3O4/c1-8-7-11(10(3)21-8)9(2)15-14-12(17(18)19)5-6-13(16-14)20-4/h5-7,9H,1-4H3,(H,15,16). The zero-order valence-corrected chi connectivity index (χ0v) is 12.3. The van der Waals surface area contributed by atoms with E-state index in [9.17, 15) is 10.1 Å². The lowest BCUT2D eigenvalue weighted by atomic mass is 10.1. The molecule has 0 bridgehead atoms. The number of aryl methyl sites for hydroxylation is 2. The van der Waals surface area contributed by atoms with Gasteiger partial charge in [0.1, 0.15) is 11.5 Å². The van der Waals surface area contributed by atoms with Gasteiger partial charge < -0.3 is 14.5 Å². The maximum atomic E-state index is 11.1. The predicted octanol–water partition coefficient (Wildman–Crippen LogP) is 3.38. The second-order valence-corrected chi connectivity index (χ2v) is 4.71. The van der Waals surface area contributed by atoms with Gasteiger partial charge in [0.2, 0.25) is 11.7 Å². The lowest BCUT2D eigenvalue weighted by Gasteiger charge is -2.14. The molecular formula is C14H17N3O4. The van der Waals surface area contributed by atoms with E-state index >= 15 is 0 Å². The third kappa shape index (κ3) is 3.13. The van der Waals surface area contributed by atoms with Crippen molar-refractivity contribution in [1.29, 1.82) is 0 Å². The van der Waals surface area contributed by atoms with Gasteiger partial charge in [-0.1, -0.05) is 0 Å². The first-order valence-electron chi connectivity index (χ1n) is 6.45. The maximum Gasteiger partial charge on any atom is 0.311 e. The van der Waals surface area contributed by atoms with E-state index in [4.69, 9.17) is 9.15 Å². The van der Waals surface area contributed by atoms with E-state index in [0.717, 1.165) is 17.1 Å². The molecule has 0 saturated carbocycles. The monoisotopic (exact) mass is 291 g/mol. The Morgan fingerprint density at radius 3 is 2.67 bits per heavy atom. The lowest BCUT2D eigenvalue weighted by molar-refractivity contribution is -0.384. The van der Waals surface area contributed by atoms with Crippen LogP contribution in [-0.2, 0) is 0 Å². The number of nitrogens with one attached hydrogen (secondary N) is 1. The van der Waals surface area contributed by atoms with Gasteiger partial charge in [-0.25, -0.2) is 0 Å². The first-order chi connectivity index (χ1) is 9.92. The van der Waals surface area contributed by atoms with Crippen molar-refractivity contribution in [1.82, 2.24) is 4.98 Å². The van der Waals surface area contributed by atoms with Crippen LogP contribution in [0.15, 0.2) is 22.6 Å². The van der Waals surface area contributed by atoms with E-state index in [0.29, 0.717) is 5.88 Å². The average molecular weight is 291 g/mol. The zero-order chi connectivity index (χ0) is 15.6. The second-order valence-electron chi connectivity index (χ2n) is 4.71. The molecule has 1 atom stereocenters. The number of nitro groups is 1. The van der Waals surface area contributed by atoms with Crippen molar-refractivity contribution in [2.24, 2.45) is 0 Å². The number of pyridine rings is 1. The Hall–Kier alpha value is -2.57. The van der Waals surface area contributed by atoms with Gasteiger partial charge in [-0.3, -0.25) is 10.1 Å². The molecule has 2 heterocycles. The Labute approximate surface area is 122 Å². The summed E-state index contributed by atoms with van der Waals surface area (Å²) in [6, 6.07) is 4.55. The molecule has 0 aliphatic carbocycles. The highest BCUT2D eigenvalue weighted by atomic mass is 16.6. The second kappa shape index (κ2) is 5.82. The van der Waals surface area contributed by atoms with E-state index in [1.807, 2.05) is 26.8 Å². The molecular weight excluding hydrogens is 274 g/mol. The fraction of sp³-hybridized carbons (Fsp3) is 0.357. The number of aromatic nitrogens is 1. The van der Waals surface area contributed by atoms with Gasteiger partial charge in [-0.2, -0.15) is 4.98 Å². The third-order valence-electron chi connectivity index (χ3n) is 3.15. The van der Waals surface area contributed by atoms with Crippen molar-refractivity contribution in [3.05, 3.63) is 45.4 Å². The van der Waals surface area contributed by atoms with Crippen LogP contribution in [0.5, 0.6) is 5.88 Å². The largest absolute Gasteiger partial charge is 0.481 e. The summed E-state index contributed by atoms with van der Waals surface area (Å²) in [7, 11) is 1.46. The van der Waals surface area contributed by atoms with Gasteiger partial charge >= 0.3 is 5.69 Å². The van der Waals surface area contributed by atoms with Crippen molar-refractivity contribution < 1.29 is 14.1 Å². The quantitative estimate of drug-likeness (QED) is 0.670. The van der Waals surface area contributed by atoms with Gasteiger partial charge in [0.25, 0.3) is 0 Å². The Bertz CT molecular complexity index is 666. The summed E-state index contributed by atoms with van der Waals surface area (Å²) in [6.07, 6.45) is 0. The van der Waals surface area contributed by atoms with Crippen LogP contribution in [0, 0.1) is 24.0 Å². The van der Waals surface area contributed by atoms with E-state index in [-0.39, 0.29) is 17.5 Å². The molecule has 0 aromatic carbocycles. The average Bonchev–Trinajstić information content (AvgIpc) is 2.77. The molecule has 0 fully saturated rings. The molecule has 2 aromatic rings. The minimum Gasteiger partial charge on any atom is -0.481 e. The molecule has 21 heavy (non-hydrogen) atoms. The Balaban J connectivity index is 2.33. The molecule has 112 valence electrons. The molecule has 1 unspecified atom stereocenters. The minimum atomic E-state index is -0.477. The third-order valence-corrected chi connectivity index (χ3v) is 3.15. The summed E-state index contributed by atoms with van der Waals surface area (Å²) in [5.41, 5.74) is 0.840. The highest BCUT2D eigenvalue weighted by molar-refractivity contribution is 5.58. The molecule has 7 nitrogen and oxygen atoms in total. The molecule has 0 saturated heterocycles. The van der Waals surface area contributed by atoms with Crippen LogP contribution >= 0.6 is 0 Å². The summed E-state index contributed by atoms with van der Waals surface area (Å²) in [4.78, 5) is 14.7. The van der Waals surface area contributed by atoms with Gasteiger partial charge in [-0.05, 0) is 26.8 Å². The molecule has 7 heteroatoms. The van der Waals surface area contributed by atoms with E-state index in [1.54, 1.807) is 0 Å². The van der Waals surface area contributed by atoms with Gasteiger partial charge in [0, 0.05) is 17.7 Å². The molecule has 0 radical (unpaired) electrons. The van der Waals surface area contributed by atoms with Crippen LogP contribution in [0.25, 0.3) is 0 Å². The van der Waals surface area contributed by atoms with Gasteiger partial charge in [-0.15, -0.1) is 0 Å². The fourth-order valence-corrected chi connectivity index (χ4v) is 2.16. The van der Waals surface area contributed by atoms with Gasteiger partial charge in [0.15, 0.2) is 0 Å². The van der Waals surface area contributed by atoms with Crippen LogP contribution in [-0.4, -0.2) is 17.0 Å². The molecule has 1 N–H and O–H groups in total. The topological polar surface area (TPSA) is 90.4 Å². The molecule has 2 rings (SSSR count). The highest BCUT2D eigenvalue weighted by Gasteiger charge is 2.20. The van der Waals surface area contributed by atoms with Crippen molar-refractivity contribution in [3.63, 3.8) is 0 Å². The van der Waals surface area contributed by atoms with Gasteiger partial charge in [0.05, 0.1) is 18.1 Å². The van der Waals surface area contributed by atoms with Crippen LogP contribution in [0.3, 0.4) is 0 Å².